The molecular formula is C14H23N3O2S. The second kappa shape index (κ2) is 6.11. The summed E-state index contributed by atoms with van der Waals surface area (Å²) in [7, 11) is -3.41. The van der Waals surface area contributed by atoms with Crippen LogP contribution in [0, 0.1) is 0 Å². The van der Waals surface area contributed by atoms with Crippen LogP contribution in [-0.4, -0.2) is 30.4 Å². The van der Waals surface area contributed by atoms with Crippen LogP contribution < -0.4 is 5.73 Å². The maximum absolute atomic E-state index is 12.7. The summed E-state index contributed by atoms with van der Waals surface area (Å²) in [6.45, 7) is 6.22. The van der Waals surface area contributed by atoms with E-state index < -0.39 is 10.0 Å². The van der Waals surface area contributed by atoms with Gasteiger partial charge in [0.1, 0.15) is 4.90 Å². The fourth-order valence-electron chi connectivity index (χ4n) is 2.52. The number of sulfonamides is 1. The van der Waals surface area contributed by atoms with E-state index in [0.29, 0.717) is 24.5 Å². The van der Waals surface area contributed by atoms with Crippen molar-refractivity contribution >= 4 is 10.0 Å². The summed E-state index contributed by atoms with van der Waals surface area (Å²) >= 11 is 0. The highest BCUT2D eigenvalue weighted by atomic mass is 32.2. The van der Waals surface area contributed by atoms with Gasteiger partial charge in [0.15, 0.2) is 0 Å². The molecular weight excluding hydrogens is 274 g/mol. The molecule has 20 heavy (non-hydrogen) atoms. The van der Waals surface area contributed by atoms with E-state index in [1.165, 1.54) is 0 Å². The molecule has 2 rings (SSSR count). The van der Waals surface area contributed by atoms with Gasteiger partial charge >= 0.3 is 0 Å². The highest BCUT2D eigenvalue weighted by Crippen LogP contribution is 2.22. The van der Waals surface area contributed by atoms with Crippen molar-refractivity contribution in [2.45, 2.75) is 44.7 Å². The lowest BCUT2D eigenvalue weighted by Crippen LogP contribution is -2.35. The highest BCUT2D eigenvalue weighted by Gasteiger charge is 2.27. The minimum atomic E-state index is -3.41. The third-order valence-corrected chi connectivity index (χ3v) is 5.38. The molecule has 0 saturated carbocycles. The number of nitrogens with two attached hydrogens (primary N) is 1. The summed E-state index contributed by atoms with van der Waals surface area (Å²) in [5.41, 5.74) is 7.67. The van der Waals surface area contributed by atoms with E-state index in [2.05, 4.69) is 13.0 Å². The minimum absolute atomic E-state index is 0.356. The molecule has 1 aromatic heterocycles. The van der Waals surface area contributed by atoms with Crippen molar-refractivity contribution in [1.29, 1.82) is 0 Å². The van der Waals surface area contributed by atoms with Crippen LogP contribution in [0.25, 0.3) is 0 Å². The summed E-state index contributed by atoms with van der Waals surface area (Å²) in [4.78, 5) is 0.362. The Morgan fingerprint density at radius 2 is 2.15 bits per heavy atom. The van der Waals surface area contributed by atoms with Gasteiger partial charge in [0.2, 0.25) is 10.0 Å². The van der Waals surface area contributed by atoms with Crippen LogP contribution in [0.1, 0.15) is 32.4 Å². The van der Waals surface area contributed by atoms with Gasteiger partial charge in [0, 0.05) is 38.1 Å². The monoisotopic (exact) mass is 297 g/mol. The lowest BCUT2D eigenvalue weighted by molar-refractivity contribution is 0.428. The maximum Gasteiger partial charge on any atom is 0.244 e. The summed E-state index contributed by atoms with van der Waals surface area (Å²) in [6, 6.07) is 1.71. The van der Waals surface area contributed by atoms with Gasteiger partial charge < -0.3 is 10.3 Å². The third kappa shape index (κ3) is 2.97. The maximum atomic E-state index is 12.7. The van der Waals surface area contributed by atoms with Crippen LogP contribution in [0.5, 0.6) is 0 Å². The molecule has 1 aromatic rings. The van der Waals surface area contributed by atoms with Crippen molar-refractivity contribution in [3.8, 4) is 0 Å². The largest absolute Gasteiger partial charge is 0.349 e. The number of aromatic nitrogens is 1. The summed E-state index contributed by atoms with van der Waals surface area (Å²) < 4.78 is 28.8. The van der Waals surface area contributed by atoms with Crippen LogP contribution in [0.15, 0.2) is 28.8 Å². The Balaban J connectivity index is 2.32. The van der Waals surface area contributed by atoms with Crippen molar-refractivity contribution < 1.29 is 8.42 Å². The minimum Gasteiger partial charge on any atom is -0.349 e. The SMILES string of the molecule is CCCn1cc(S(=O)(=O)N2CCC=C(C)C2)cc1CN. The summed E-state index contributed by atoms with van der Waals surface area (Å²) in [5.74, 6) is 0. The molecule has 0 radical (unpaired) electrons. The lowest BCUT2D eigenvalue weighted by atomic mass is 10.2. The molecule has 0 saturated heterocycles. The quantitative estimate of drug-likeness (QED) is 0.841. The van der Waals surface area contributed by atoms with Crippen molar-refractivity contribution in [3.63, 3.8) is 0 Å². The van der Waals surface area contributed by atoms with Crippen LogP contribution in [0.2, 0.25) is 0 Å². The molecule has 0 fully saturated rings. The van der Waals surface area contributed by atoms with Crippen LogP contribution in [0.3, 0.4) is 0 Å². The van der Waals surface area contributed by atoms with Crippen LogP contribution in [-0.2, 0) is 23.1 Å². The number of aryl methyl sites for hydroxylation is 1. The van der Waals surface area contributed by atoms with Gasteiger partial charge in [0.05, 0.1) is 0 Å². The van der Waals surface area contributed by atoms with Gasteiger partial charge in [-0.1, -0.05) is 18.6 Å². The molecule has 0 amide bonds. The molecule has 2 heterocycles. The average molecular weight is 297 g/mol. The second-order valence-electron chi connectivity index (χ2n) is 5.24. The Bertz CT molecular complexity index is 602. The molecule has 2 N–H and O–H groups in total. The van der Waals surface area contributed by atoms with Gasteiger partial charge in [0.25, 0.3) is 0 Å². The zero-order valence-corrected chi connectivity index (χ0v) is 13.0. The molecule has 1 aliphatic heterocycles. The first-order valence-corrected chi connectivity index (χ1v) is 8.48. The summed E-state index contributed by atoms with van der Waals surface area (Å²) in [6.07, 6.45) is 5.55. The van der Waals surface area contributed by atoms with E-state index in [0.717, 1.165) is 30.7 Å². The zero-order chi connectivity index (χ0) is 14.8. The van der Waals surface area contributed by atoms with Gasteiger partial charge in [-0.2, -0.15) is 4.31 Å². The molecule has 6 heteroatoms. The molecule has 112 valence electrons. The Morgan fingerprint density at radius 1 is 1.40 bits per heavy atom. The molecule has 0 atom stereocenters. The smallest absolute Gasteiger partial charge is 0.244 e. The first kappa shape index (κ1) is 15.3. The van der Waals surface area contributed by atoms with Crippen molar-refractivity contribution in [2.75, 3.05) is 13.1 Å². The van der Waals surface area contributed by atoms with E-state index >= 15 is 0 Å². The predicted molar refractivity (Wildman–Crippen MR) is 79.7 cm³/mol. The van der Waals surface area contributed by atoms with Crippen LogP contribution in [0.4, 0.5) is 0 Å². The van der Waals surface area contributed by atoms with Crippen molar-refractivity contribution in [3.05, 3.63) is 29.6 Å². The molecule has 0 spiro atoms. The highest BCUT2D eigenvalue weighted by molar-refractivity contribution is 7.89. The lowest BCUT2D eigenvalue weighted by Gasteiger charge is -2.24. The second-order valence-corrected chi connectivity index (χ2v) is 7.18. The first-order valence-electron chi connectivity index (χ1n) is 7.04. The van der Waals surface area contributed by atoms with Crippen molar-refractivity contribution in [2.24, 2.45) is 5.73 Å². The average Bonchev–Trinajstić information content (AvgIpc) is 2.83. The molecule has 0 aliphatic carbocycles. The Morgan fingerprint density at radius 3 is 2.75 bits per heavy atom. The van der Waals surface area contributed by atoms with Gasteiger partial charge in [-0.3, -0.25) is 0 Å². The van der Waals surface area contributed by atoms with Gasteiger partial charge in [-0.05, 0) is 25.8 Å². The number of hydrogen-bond donors (Lipinski definition) is 1. The zero-order valence-electron chi connectivity index (χ0n) is 12.2. The molecule has 0 unspecified atom stereocenters. The van der Waals surface area contributed by atoms with Crippen LogP contribution >= 0.6 is 0 Å². The Hall–Kier alpha value is -1.11. The number of nitrogens with zero attached hydrogens (tertiary/aromatic N) is 2. The fraction of sp³-hybridized carbons (Fsp3) is 0.571. The number of rotatable bonds is 5. The molecule has 5 nitrogen and oxygen atoms in total. The van der Waals surface area contributed by atoms with Gasteiger partial charge in [-0.15, -0.1) is 0 Å². The Labute approximate surface area is 121 Å². The van der Waals surface area contributed by atoms with E-state index in [1.54, 1.807) is 16.6 Å². The van der Waals surface area contributed by atoms with E-state index in [4.69, 9.17) is 5.73 Å². The normalized spacial score (nSPS) is 17.2. The van der Waals surface area contributed by atoms with Crippen molar-refractivity contribution in [1.82, 2.24) is 8.87 Å². The number of hydrogen-bond acceptors (Lipinski definition) is 3. The van der Waals surface area contributed by atoms with Gasteiger partial charge in [-0.25, -0.2) is 8.42 Å². The van der Waals surface area contributed by atoms with E-state index in [-0.39, 0.29) is 0 Å². The topological polar surface area (TPSA) is 68.3 Å². The van der Waals surface area contributed by atoms with E-state index in [1.807, 2.05) is 11.5 Å². The predicted octanol–water partition coefficient (Wildman–Crippen LogP) is 1.70. The molecule has 0 bridgehead atoms. The standard InChI is InChI=1S/C14H23N3O2S/c1-3-6-16-11-14(8-13(16)9-15)20(18,19)17-7-4-5-12(2)10-17/h5,8,11H,3-4,6-7,9-10,15H2,1-2H3. The first-order chi connectivity index (χ1) is 9.48. The fourth-order valence-corrected chi connectivity index (χ4v) is 4.08. The molecule has 0 aromatic carbocycles. The third-order valence-electron chi connectivity index (χ3n) is 3.57. The van der Waals surface area contributed by atoms with E-state index in [9.17, 15) is 8.42 Å². The summed E-state index contributed by atoms with van der Waals surface area (Å²) in [5, 5.41) is 0. The molecule has 1 aliphatic rings. The Kier molecular flexibility index (Phi) is 4.67.